The minimum atomic E-state index is -1.11. The standard InChI is InChI=1S/C11H18O6/c1-14-9(12)7-5-6-11(16-3,17-4)8(7)10(13)15-2/h7-8H,5-6H2,1-4H3. The fraction of sp³-hybridized carbons (Fsp3) is 0.818. The maximum atomic E-state index is 11.8. The summed E-state index contributed by atoms with van der Waals surface area (Å²) in [5.41, 5.74) is 0. The van der Waals surface area contributed by atoms with Crippen LogP contribution in [0.5, 0.6) is 0 Å². The third-order valence-electron chi connectivity index (χ3n) is 3.33. The summed E-state index contributed by atoms with van der Waals surface area (Å²) in [6, 6.07) is 0. The van der Waals surface area contributed by atoms with Gasteiger partial charge in [0.15, 0.2) is 5.79 Å². The first kappa shape index (κ1) is 13.9. The van der Waals surface area contributed by atoms with Gasteiger partial charge in [-0.15, -0.1) is 0 Å². The molecule has 98 valence electrons. The molecular weight excluding hydrogens is 228 g/mol. The number of carbonyl (C=O) groups is 2. The van der Waals surface area contributed by atoms with Crippen LogP contribution in [0.25, 0.3) is 0 Å². The average Bonchev–Trinajstić information content (AvgIpc) is 2.76. The molecule has 1 saturated carbocycles. The van der Waals surface area contributed by atoms with Gasteiger partial charge in [-0.25, -0.2) is 0 Å². The molecule has 6 heteroatoms. The van der Waals surface area contributed by atoms with Crippen LogP contribution in [0.4, 0.5) is 0 Å². The normalized spacial score (nSPS) is 26.6. The summed E-state index contributed by atoms with van der Waals surface area (Å²) < 4.78 is 20.0. The molecule has 0 spiro atoms. The van der Waals surface area contributed by atoms with Crippen LogP contribution in [-0.2, 0) is 28.5 Å². The Balaban J connectivity index is 3.04. The third-order valence-corrected chi connectivity index (χ3v) is 3.33. The van der Waals surface area contributed by atoms with Crippen molar-refractivity contribution < 1.29 is 28.5 Å². The van der Waals surface area contributed by atoms with Crippen molar-refractivity contribution in [3.8, 4) is 0 Å². The van der Waals surface area contributed by atoms with E-state index in [0.717, 1.165) is 0 Å². The molecule has 0 amide bonds. The molecule has 0 heterocycles. The summed E-state index contributed by atoms with van der Waals surface area (Å²) in [6.45, 7) is 0. The molecule has 0 aliphatic heterocycles. The van der Waals surface area contributed by atoms with E-state index in [0.29, 0.717) is 12.8 Å². The smallest absolute Gasteiger partial charge is 0.315 e. The monoisotopic (exact) mass is 246 g/mol. The van der Waals surface area contributed by atoms with Crippen LogP contribution in [0.1, 0.15) is 12.8 Å². The van der Waals surface area contributed by atoms with Crippen molar-refractivity contribution in [2.24, 2.45) is 11.8 Å². The quantitative estimate of drug-likeness (QED) is 0.526. The molecule has 1 aliphatic rings. The average molecular weight is 246 g/mol. The van der Waals surface area contributed by atoms with Crippen LogP contribution in [0.3, 0.4) is 0 Å². The minimum Gasteiger partial charge on any atom is -0.469 e. The van der Waals surface area contributed by atoms with Gasteiger partial charge in [0, 0.05) is 20.6 Å². The molecule has 1 aliphatic carbocycles. The van der Waals surface area contributed by atoms with Crippen LogP contribution < -0.4 is 0 Å². The van der Waals surface area contributed by atoms with Gasteiger partial charge < -0.3 is 18.9 Å². The Labute approximate surface area is 100 Å². The Bertz CT molecular complexity index is 296. The van der Waals surface area contributed by atoms with Crippen molar-refractivity contribution in [1.29, 1.82) is 0 Å². The van der Waals surface area contributed by atoms with Gasteiger partial charge in [-0.2, -0.15) is 0 Å². The second-order valence-electron chi connectivity index (χ2n) is 3.89. The number of hydrogen-bond acceptors (Lipinski definition) is 6. The van der Waals surface area contributed by atoms with E-state index >= 15 is 0 Å². The van der Waals surface area contributed by atoms with Crippen molar-refractivity contribution in [2.45, 2.75) is 18.6 Å². The van der Waals surface area contributed by atoms with E-state index in [1.165, 1.54) is 28.4 Å². The Morgan fingerprint density at radius 3 is 1.94 bits per heavy atom. The molecule has 6 nitrogen and oxygen atoms in total. The van der Waals surface area contributed by atoms with Gasteiger partial charge in [0.25, 0.3) is 0 Å². The molecule has 17 heavy (non-hydrogen) atoms. The molecule has 1 fully saturated rings. The van der Waals surface area contributed by atoms with Crippen molar-refractivity contribution in [1.82, 2.24) is 0 Å². The van der Waals surface area contributed by atoms with Crippen molar-refractivity contribution in [2.75, 3.05) is 28.4 Å². The van der Waals surface area contributed by atoms with Gasteiger partial charge in [0.1, 0.15) is 5.92 Å². The second-order valence-corrected chi connectivity index (χ2v) is 3.89. The maximum Gasteiger partial charge on any atom is 0.315 e. The van der Waals surface area contributed by atoms with E-state index < -0.39 is 29.6 Å². The molecule has 0 aromatic rings. The SMILES string of the molecule is COC(=O)C1CCC(OC)(OC)C1C(=O)OC. The molecule has 0 aromatic carbocycles. The molecule has 0 N–H and O–H groups in total. The maximum absolute atomic E-state index is 11.8. The largest absolute Gasteiger partial charge is 0.469 e. The number of hydrogen-bond donors (Lipinski definition) is 0. The predicted octanol–water partition coefficient (Wildman–Crippen LogP) is 0.348. The van der Waals surface area contributed by atoms with Gasteiger partial charge in [-0.3, -0.25) is 9.59 Å². The molecule has 2 atom stereocenters. The van der Waals surface area contributed by atoms with Crippen molar-refractivity contribution in [3.63, 3.8) is 0 Å². The van der Waals surface area contributed by atoms with E-state index in [2.05, 4.69) is 4.74 Å². The summed E-state index contributed by atoms with van der Waals surface area (Å²) >= 11 is 0. The van der Waals surface area contributed by atoms with E-state index in [4.69, 9.17) is 14.2 Å². The highest BCUT2D eigenvalue weighted by atomic mass is 16.7. The zero-order valence-electron chi connectivity index (χ0n) is 10.5. The molecular formula is C11H18O6. The van der Waals surface area contributed by atoms with Gasteiger partial charge >= 0.3 is 11.9 Å². The van der Waals surface area contributed by atoms with Gasteiger partial charge in [0.05, 0.1) is 20.1 Å². The van der Waals surface area contributed by atoms with E-state index in [9.17, 15) is 9.59 Å². The fourth-order valence-corrected chi connectivity index (χ4v) is 2.40. The third kappa shape index (κ3) is 2.28. The highest BCUT2D eigenvalue weighted by Gasteiger charge is 2.57. The number of ether oxygens (including phenoxy) is 4. The summed E-state index contributed by atoms with van der Waals surface area (Å²) in [5, 5.41) is 0. The lowest BCUT2D eigenvalue weighted by atomic mass is 9.92. The topological polar surface area (TPSA) is 71.1 Å². The molecule has 2 unspecified atom stereocenters. The summed E-state index contributed by atoms with van der Waals surface area (Å²) in [5.74, 6) is -3.47. The van der Waals surface area contributed by atoms with Gasteiger partial charge in [-0.1, -0.05) is 0 Å². The fourth-order valence-electron chi connectivity index (χ4n) is 2.40. The zero-order chi connectivity index (χ0) is 13.1. The predicted molar refractivity (Wildman–Crippen MR) is 57.0 cm³/mol. The van der Waals surface area contributed by atoms with Gasteiger partial charge in [-0.05, 0) is 6.42 Å². The Hall–Kier alpha value is -1.14. The van der Waals surface area contributed by atoms with E-state index in [-0.39, 0.29) is 0 Å². The Morgan fingerprint density at radius 1 is 1.00 bits per heavy atom. The number of carbonyl (C=O) groups excluding carboxylic acids is 2. The zero-order valence-corrected chi connectivity index (χ0v) is 10.5. The number of methoxy groups -OCH3 is 4. The molecule has 0 aromatic heterocycles. The molecule has 0 bridgehead atoms. The summed E-state index contributed by atoms with van der Waals surface area (Å²) in [6.07, 6.45) is 0.910. The van der Waals surface area contributed by atoms with Crippen molar-refractivity contribution in [3.05, 3.63) is 0 Å². The first-order valence-electron chi connectivity index (χ1n) is 5.32. The van der Waals surface area contributed by atoms with Crippen LogP contribution >= 0.6 is 0 Å². The first-order valence-corrected chi connectivity index (χ1v) is 5.32. The molecule has 0 radical (unpaired) electrons. The first-order chi connectivity index (χ1) is 8.06. The van der Waals surface area contributed by atoms with Crippen LogP contribution in [0.15, 0.2) is 0 Å². The number of rotatable bonds is 4. The molecule has 1 rings (SSSR count). The van der Waals surface area contributed by atoms with E-state index in [1.807, 2.05) is 0 Å². The lowest BCUT2D eigenvalue weighted by Crippen LogP contribution is -2.46. The van der Waals surface area contributed by atoms with E-state index in [1.54, 1.807) is 0 Å². The summed E-state index contributed by atoms with van der Waals surface area (Å²) in [7, 11) is 5.44. The van der Waals surface area contributed by atoms with Crippen LogP contribution in [0, 0.1) is 11.8 Å². The van der Waals surface area contributed by atoms with Gasteiger partial charge in [0.2, 0.25) is 0 Å². The highest BCUT2D eigenvalue weighted by Crippen LogP contribution is 2.44. The lowest BCUT2D eigenvalue weighted by molar-refractivity contribution is -0.236. The lowest BCUT2D eigenvalue weighted by Gasteiger charge is -2.32. The van der Waals surface area contributed by atoms with Crippen LogP contribution in [0.2, 0.25) is 0 Å². The minimum absolute atomic E-state index is 0.444. The summed E-state index contributed by atoms with van der Waals surface area (Å²) in [4.78, 5) is 23.4. The van der Waals surface area contributed by atoms with Crippen molar-refractivity contribution >= 4 is 11.9 Å². The van der Waals surface area contributed by atoms with Crippen LogP contribution in [-0.4, -0.2) is 46.2 Å². The highest BCUT2D eigenvalue weighted by molar-refractivity contribution is 5.83. The molecule has 0 saturated heterocycles. The second kappa shape index (κ2) is 5.46. The Morgan fingerprint density at radius 2 is 1.53 bits per heavy atom. The number of esters is 2. The Kier molecular flexibility index (Phi) is 4.47.